The van der Waals surface area contributed by atoms with Gasteiger partial charge in [-0.15, -0.1) is 23.7 Å². The molecule has 122 valence electrons. The molecule has 0 aliphatic heterocycles. The summed E-state index contributed by atoms with van der Waals surface area (Å²) in [5.74, 6) is 0.625. The van der Waals surface area contributed by atoms with Crippen molar-refractivity contribution < 1.29 is 13.2 Å². The Kier molecular flexibility index (Phi) is 6.49. The van der Waals surface area contributed by atoms with Crippen LogP contribution in [0.4, 0.5) is 0 Å². The third-order valence-corrected chi connectivity index (χ3v) is 7.21. The van der Waals surface area contributed by atoms with E-state index in [9.17, 15) is 8.42 Å². The van der Waals surface area contributed by atoms with Crippen LogP contribution in [-0.4, -0.2) is 27.6 Å². The van der Waals surface area contributed by atoms with Gasteiger partial charge in [0.1, 0.15) is 5.75 Å². The van der Waals surface area contributed by atoms with E-state index in [0.29, 0.717) is 12.3 Å². The van der Waals surface area contributed by atoms with Crippen molar-refractivity contribution in [2.45, 2.75) is 42.4 Å². The average molecular weight is 355 g/mol. The van der Waals surface area contributed by atoms with Crippen molar-refractivity contribution in [1.82, 2.24) is 4.72 Å². The lowest BCUT2D eigenvalue weighted by Gasteiger charge is -2.42. The monoisotopic (exact) mass is 354 g/mol. The molecule has 0 spiro atoms. The summed E-state index contributed by atoms with van der Waals surface area (Å²) < 4.78 is 33.4. The number of rotatable bonds is 5. The topological polar surface area (TPSA) is 81.4 Å². The van der Waals surface area contributed by atoms with Gasteiger partial charge < -0.3 is 10.5 Å². The Bertz CT molecular complexity index is 562. The van der Waals surface area contributed by atoms with Crippen LogP contribution in [0.1, 0.15) is 32.6 Å². The fraction of sp³-hybridized carbons (Fsp3) is 0.692. The van der Waals surface area contributed by atoms with E-state index in [2.05, 4.69) is 11.6 Å². The predicted molar refractivity (Wildman–Crippen MR) is 87.9 cm³/mol. The predicted octanol–water partition coefficient (Wildman–Crippen LogP) is 2.36. The number of nitrogens with one attached hydrogen (secondary N) is 1. The average Bonchev–Trinajstić information content (AvgIpc) is 2.90. The van der Waals surface area contributed by atoms with Crippen molar-refractivity contribution >= 4 is 33.8 Å². The fourth-order valence-electron chi connectivity index (χ4n) is 2.86. The number of sulfonamides is 1. The molecule has 0 bridgehead atoms. The molecule has 2 rings (SSSR count). The molecule has 0 saturated heterocycles. The standard InChI is InChI=1S/C13H22N2O3S2.ClH/c1-10-5-3-4-7-13(10,9-14)15-20(16,17)12-11(18-2)6-8-19-12;/h6,8,10,15H,3-5,7,9,14H2,1-2H3;1H. The van der Waals surface area contributed by atoms with Crippen LogP contribution in [-0.2, 0) is 10.0 Å². The highest BCUT2D eigenvalue weighted by Gasteiger charge is 2.41. The summed E-state index contributed by atoms with van der Waals surface area (Å²) in [6.45, 7) is 2.39. The first-order valence-corrected chi connectivity index (χ1v) is 9.17. The second-order valence-electron chi connectivity index (χ2n) is 5.39. The minimum atomic E-state index is -3.60. The van der Waals surface area contributed by atoms with Gasteiger partial charge in [-0.1, -0.05) is 19.8 Å². The number of nitrogens with two attached hydrogens (primary N) is 1. The van der Waals surface area contributed by atoms with Crippen LogP contribution in [0.3, 0.4) is 0 Å². The van der Waals surface area contributed by atoms with Crippen LogP contribution < -0.4 is 15.2 Å². The normalized spacial score (nSPS) is 26.1. The van der Waals surface area contributed by atoms with E-state index in [1.807, 2.05) is 0 Å². The van der Waals surface area contributed by atoms with Gasteiger partial charge in [0.25, 0.3) is 10.0 Å². The Morgan fingerprint density at radius 1 is 1.52 bits per heavy atom. The van der Waals surface area contributed by atoms with Gasteiger partial charge in [-0.2, -0.15) is 0 Å². The molecule has 0 radical (unpaired) electrons. The summed E-state index contributed by atoms with van der Waals surface area (Å²) in [5.41, 5.74) is 5.37. The molecular formula is C13H23ClN2O3S2. The second kappa shape index (κ2) is 7.28. The Balaban J connectivity index is 0.00000220. The number of hydrogen-bond donors (Lipinski definition) is 2. The van der Waals surface area contributed by atoms with Crippen molar-refractivity contribution in [1.29, 1.82) is 0 Å². The molecule has 21 heavy (non-hydrogen) atoms. The minimum absolute atomic E-state index is 0. The molecule has 8 heteroatoms. The molecule has 0 aromatic carbocycles. The lowest BCUT2D eigenvalue weighted by Crippen LogP contribution is -2.58. The van der Waals surface area contributed by atoms with Gasteiger partial charge in [0.05, 0.1) is 7.11 Å². The van der Waals surface area contributed by atoms with Crippen molar-refractivity contribution in [2.24, 2.45) is 11.7 Å². The van der Waals surface area contributed by atoms with Crippen molar-refractivity contribution in [3.8, 4) is 5.75 Å². The fourth-order valence-corrected chi connectivity index (χ4v) is 5.67. The summed E-state index contributed by atoms with van der Waals surface area (Å²) in [6, 6.07) is 1.67. The minimum Gasteiger partial charge on any atom is -0.494 e. The van der Waals surface area contributed by atoms with Crippen LogP contribution in [0.25, 0.3) is 0 Å². The third-order valence-electron chi connectivity index (χ3n) is 4.21. The molecule has 2 atom stereocenters. The quantitative estimate of drug-likeness (QED) is 0.850. The van der Waals surface area contributed by atoms with E-state index < -0.39 is 15.6 Å². The zero-order chi connectivity index (χ0) is 14.8. The number of hydrogen-bond acceptors (Lipinski definition) is 5. The SMILES string of the molecule is COc1ccsc1S(=O)(=O)NC1(CN)CCCCC1C.Cl. The molecule has 1 aliphatic rings. The lowest BCUT2D eigenvalue weighted by molar-refractivity contribution is 0.191. The number of halogens is 1. The highest BCUT2D eigenvalue weighted by atomic mass is 35.5. The van der Waals surface area contributed by atoms with Crippen LogP contribution in [0.2, 0.25) is 0 Å². The Hall–Kier alpha value is -0.340. The van der Waals surface area contributed by atoms with Gasteiger partial charge in [0, 0.05) is 12.1 Å². The van der Waals surface area contributed by atoms with E-state index in [-0.39, 0.29) is 22.5 Å². The van der Waals surface area contributed by atoms with Gasteiger partial charge in [0.15, 0.2) is 4.21 Å². The molecule has 3 N–H and O–H groups in total. The zero-order valence-electron chi connectivity index (χ0n) is 12.3. The third kappa shape index (κ3) is 3.71. The first-order chi connectivity index (χ1) is 9.45. The van der Waals surface area contributed by atoms with Gasteiger partial charge in [-0.05, 0) is 30.2 Å². The first-order valence-electron chi connectivity index (χ1n) is 6.81. The Morgan fingerprint density at radius 3 is 2.81 bits per heavy atom. The molecule has 2 unspecified atom stereocenters. The van der Waals surface area contributed by atoms with E-state index in [4.69, 9.17) is 10.5 Å². The van der Waals surface area contributed by atoms with Gasteiger partial charge in [-0.25, -0.2) is 13.1 Å². The number of methoxy groups -OCH3 is 1. The molecule has 1 saturated carbocycles. The van der Waals surface area contributed by atoms with E-state index >= 15 is 0 Å². The smallest absolute Gasteiger partial charge is 0.254 e. The van der Waals surface area contributed by atoms with Gasteiger partial charge in [-0.3, -0.25) is 0 Å². The molecule has 1 fully saturated rings. The molecule has 1 aliphatic carbocycles. The molecule has 1 heterocycles. The molecule has 0 amide bonds. The number of thiophene rings is 1. The Labute approximate surface area is 136 Å². The van der Waals surface area contributed by atoms with Crippen LogP contribution in [0, 0.1) is 5.92 Å². The van der Waals surface area contributed by atoms with E-state index in [1.165, 1.54) is 7.11 Å². The summed E-state index contributed by atoms with van der Waals surface area (Å²) in [4.78, 5) is 0. The summed E-state index contributed by atoms with van der Waals surface area (Å²) in [5, 5.41) is 1.72. The van der Waals surface area contributed by atoms with Crippen molar-refractivity contribution in [2.75, 3.05) is 13.7 Å². The Morgan fingerprint density at radius 2 is 2.24 bits per heavy atom. The van der Waals surface area contributed by atoms with E-state index in [0.717, 1.165) is 37.0 Å². The highest BCUT2D eigenvalue weighted by molar-refractivity contribution is 7.91. The molecule has 1 aromatic heterocycles. The maximum atomic E-state index is 12.6. The molecular weight excluding hydrogens is 332 g/mol. The maximum absolute atomic E-state index is 12.6. The number of ether oxygens (including phenoxy) is 1. The van der Waals surface area contributed by atoms with Gasteiger partial charge in [0.2, 0.25) is 0 Å². The van der Waals surface area contributed by atoms with Crippen LogP contribution >= 0.6 is 23.7 Å². The van der Waals surface area contributed by atoms with Gasteiger partial charge >= 0.3 is 0 Å². The molecule has 5 nitrogen and oxygen atoms in total. The highest BCUT2D eigenvalue weighted by Crippen LogP contribution is 2.36. The van der Waals surface area contributed by atoms with E-state index in [1.54, 1.807) is 11.4 Å². The summed E-state index contributed by atoms with van der Waals surface area (Å²) in [6.07, 6.45) is 3.93. The van der Waals surface area contributed by atoms with Crippen molar-refractivity contribution in [3.63, 3.8) is 0 Å². The first kappa shape index (κ1) is 18.7. The van der Waals surface area contributed by atoms with Crippen LogP contribution in [0.5, 0.6) is 5.75 Å². The second-order valence-corrected chi connectivity index (χ2v) is 8.18. The maximum Gasteiger partial charge on any atom is 0.254 e. The largest absolute Gasteiger partial charge is 0.494 e. The summed E-state index contributed by atoms with van der Waals surface area (Å²) in [7, 11) is -2.12. The summed E-state index contributed by atoms with van der Waals surface area (Å²) >= 11 is 1.16. The zero-order valence-corrected chi connectivity index (χ0v) is 14.7. The van der Waals surface area contributed by atoms with Crippen molar-refractivity contribution in [3.05, 3.63) is 11.4 Å². The molecule has 1 aromatic rings. The van der Waals surface area contributed by atoms with Crippen LogP contribution in [0.15, 0.2) is 15.7 Å². The lowest BCUT2D eigenvalue weighted by atomic mass is 9.74.